The molecule has 0 aliphatic rings. The highest BCUT2D eigenvalue weighted by atomic mass is 19.1. The molecule has 0 aliphatic heterocycles. The van der Waals surface area contributed by atoms with Gasteiger partial charge in [0.25, 0.3) is 5.91 Å². The van der Waals surface area contributed by atoms with Crippen LogP contribution in [0.3, 0.4) is 0 Å². The molecule has 0 spiro atoms. The Morgan fingerprint density at radius 1 is 1.14 bits per heavy atom. The first-order chi connectivity index (χ1) is 9.99. The van der Waals surface area contributed by atoms with Crippen molar-refractivity contribution in [3.63, 3.8) is 0 Å². The molecule has 2 aromatic rings. The van der Waals surface area contributed by atoms with Gasteiger partial charge < -0.3 is 4.90 Å². The molecule has 0 saturated carbocycles. The zero-order valence-corrected chi connectivity index (χ0v) is 12.6. The van der Waals surface area contributed by atoms with E-state index >= 15 is 0 Å². The summed E-state index contributed by atoms with van der Waals surface area (Å²) in [6, 6.07) is 14.5. The number of hydrogen-bond donors (Lipinski definition) is 0. The molecule has 0 N–H and O–H groups in total. The molecule has 0 unspecified atom stereocenters. The number of halogens is 1. The fraction of sp³-hybridized carbons (Fsp3) is 0.278. The summed E-state index contributed by atoms with van der Waals surface area (Å²) in [6.45, 7) is 6.16. The van der Waals surface area contributed by atoms with E-state index in [0.717, 1.165) is 11.1 Å². The summed E-state index contributed by atoms with van der Waals surface area (Å²) >= 11 is 0. The maximum Gasteiger partial charge on any atom is 0.257 e. The van der Waals surface area contributed by atoms with E-state index in [9.17, 15) is 9.18 Å². The highest BCUT2D eigenvalue weighted by Crippen LogP contribution is 2.17. The number of amides is 1. The van der Waals surface area contributed by atoms with Crippen LogP contribution in [0.1, 0.15) is 35.3 Å². The zero-order chi connectivity index (χ0) is 15.4. The van der Waals surface area contributed by atoms with Crippen LogP contribution in [-0.2, 0) is 6.54 Å². The minimum Gasteiger partial charge on any atom is -0.332 e. The molecular weight excluding hydrogens is 265 g/mol. The first-order valence-electron chi connectivity index (χ1n) is 7.10. The highest BCUT2D eigenvalue weighted by molar-refractivity contribution is 5.94. The second-order valence-electron chi connectivity index (χ2n) is 5.50. The van der Waals surface area contributed by atoms with Crippen LogP contribution in [0.25, 0.3) is 0 Å². The average Bonchev–Trinajstić information content (AvgIpc) is 2.45. The summed E-state index contributed by atoms with van der Waals surface area (Å²) in [6.07, 6.45) is 0. The van der Waals surface area contributed by atoms with Gasteiger partial charge >= 0.3 is 0 Å². The van der Waals surface area contributed by atoms with E-state index < -0.39 is 5.82 Å². The minimum atomic E-state index is -0.460. The van der Waals surface area contributed by atoms with E-state index in [-0.39, 0.29) is 17.5 Å². The Bertz CT molecular complexity index is 622. The lowest BCUT2D eigenvalue weighted by molar-refractivity contribution is 0.0685. The SMILES string of the molecule is Cc1ccc(C(=O)N(Cc2ccccc2)C(C)C)c(F)c1. The predicted molar refractivity (Wildman–Crippen MR) is 82.6 cm³/mol. The number of hydrogen-bond acceptors (Lipinski definition) is 1. The van der Waals surface area contributed by atoms with Crippen LogP contribution in [0.4, 0.5) is 4.39 Å². The molecule has 0 aliphatic carbocycles. The van der Waals surface area contributed by atoms with Gasteiger partial charge in [-0.15, -0.1) is 0 Å². The van der Waals surface area contributed by atoms with Crippen molar-refractivity contribution in [1.82, 2.24) is 4.90 Å². The van der Waals surface area contributed by atoms with Crippen molar-refractivity contribution in [2.45, 2.75) is 33.4 Å². The quantitative estimate of drug-likeness (QED) is 0.825. The molecule has 0 bridgehead atoms. The molecule has 1 amide bonds. The lowest BCUT2D eigenvalue weighted by atomic mass is 10.1. The lowest BCUT2D eigenvalue weighted by Crippen LogP contribution is -2.36. The van der Waals surface area contributed by atoms with Crippen LogP contribution in [0, 0.1) is 12.7 Å². The summed E-state index contributed by atoms with van der Waals surface area (Å²) < 4.78 is 14.0. The molecular formula is C18H20FNO. The van der Waals surface area contributed by atoms with Gasteiger partial charge in [-0.2, -0.15) is 0 Å². The Morgan fingerprint density at radius 2 is 1.81 bits per heavy atom. The molecule has 3 heteroatoms. The molecule has 110 valence electrons. The largest absolute Gasteiger partial charge is 0.332 e. The Morgan fingerprint density at radius 3 is 2.38 bits per heavy atom. The fourth-order valence-electron chi connectivity index (χ4n) is 2.22. The van der Waals surface area contributed by atoms with E-state index in [0.29, 0.717) is 6.54 Å². The van der Waals surface area contributed by atoms with Gasteiger partial charge in [-0.25, -0.2) is 4.39 Å². The van der Waals surface area contributed by atoms with Gasteiger partial charge in [-0.05, 0) is 44.0 Å². The maximum atomic E-state index is 14.0. The van der Waals surface area contributed by atoms with Crippen molar-refractivity contribution >= 4 is 5.91 Å². The molecule has 2 rings (SSSR count). The second kappa shape index (κ2) is 6.53. The van der Waals surface area contributed by atoms with Gasteiger partial charge in [0.2, 0.25) is 0 Å². The standard InChI is InChI=1S/C18H20FNO/c1-13(2)20(12-15-7-5-4-6-8-15)18(21)16-10-9-14(3)11-17(16)19/h4-11,13H,12H2,1-3H3. The predicted octanol–water partition coefficient (Wildman–Crippen LogP) is 4.18. The van der Waals surface area contributed by atoms with Crippen LogP contribution in [0.2, 0.25) is 0 Å². The number of aryl methyl sites for hydroxylation is 1. The summed E-state index contributed by atoms with van der Waals surface area (Å²) in [5.74, 6) is -0.731. The Balaban J connectivity index is 2.27. The minimum absolute atomic E-state index is 0.00147. The van der Waals surface area contributed by atoms with Crippen LogP contribution < -0.4 is 0 Å². The van der Waals surface area contributed by atoms with E-state index in [1.54, 1.807) is 17.0 Å². The number of nitrogens with zero attached hydrogens (tertiary/aromatic N) is 1. The number of carbonyl (C=O) groups is 1. The summed E-state index contributed by atoms with van der Waals surface area (Å²) in [7, 11) is 0. The molecule has 2 aromatic carbocycles. The summed E-state index contributed by atoms with van der Waals surface area (Å²) in [4.78, 5) is 14.3. The van der Waals surface area contributed by atoms with E-state index in [4.69, 9.17) is 0 Å². The third kappa shape index (κ3) is 3.69. The normalized spacial score (nSPS) is 10.7. The van der Waals surface area contributed by atoms with Crippen LogP contribution in [-0.4, -0.2) is 16.8 Å². The van der Waals surface area contributed by atoms with Crippen molar-refractivity contribution in [3.8, 4) is 0 Å². The Labute approximate surface area is 125 Å². The van der Waals surface area contributed by atoms with Gasteiger partial charge in [0.05, 0.1) is 5.56 Å². The molecule has 0 aromatic heterocycles. The Hall–Kier alpha value is -2.16. The van der Waals surface area contributed by atoms with Crippen LogP contribution >= 0.6 is 0 Å². The Kier molecular flexibility index (Phi) is 4.73. The average molecular weight is 285 g/mol. The molecule has 0 radical (unpaired) electrons. The first kappa shape index (κ1) is 15.2. The van der Waals surface area contributed by atoms with Gasteiger partial charge in [0.15, 0.2) is 0 Å². The highest BCUT2D eigenvalue weighted by Gasteiger charge is 2.21. The molecule has 0 fully saturated rings. The van der Waals surface area contributed by atoms with Crippen molar-refractivity contribution in [2.24, 2.45) is 0 Å². The molecule has 0 heterocycles. The topological polar surface area (TPSA) is 20.3 Å². The third-order valence-corrected chi connectivity index (χ3v) is 3.43. The van der Waals surface area contributed by atoms with Crippen molar-refractivity contribution in [1.29, 1.82) is 0 Å². The number of carbonyl (C=O) groups excluding carboxylic acids is 1. The van der Waals surface area contributed by atoms with Gasteiger partial charge in [-0.3, -0.25) is 4.79 Å². The van der Waals surface area contributed by atoms with Crippen molar-refractivity contribution in [2.75, 3.05) is 0 Å². The smallest absolute Gasteiger partial charge is 0.257 e. The monoisotopic (exact) mass is 285 g/mol. The van der Waals surface area contributed by atoms with Crippen molar-refractivity contribution in [3.05, 3.63) is 71.0 Å². The zero-order valence-electron chi connectivity index (χ0n) is 12.6. The van der Waals surface area contributed by atoms with Gasteiger partial charge in [0.1, 0.15) is 5.82 Å². The summed E-state index contributed by atoms with van der Waals surface area (Å²) in [5.41, 5.74) is 1.97. The molecule has 0 saturated heterocycles. The molecule has 2 nitrogen and oxygen atoms in total. The number of benzene rings is 2. The molecule has 0 atom stereocenters. The van der Waals surface area contributed by atoms with Gasteiger partial charge in [-0.1, -0.05) is 36.4 Å². The van der Waals surface area contributed by atoms with Gasteiger partial charge in [0, 0.05) is 12.6 Å². The first-order valence-corrected chi connectivity index (χ1v) is 7.10. The van der Waals surface area contributed by atoms with Crippen molar-refractivity contribution < 1.29 is 9.18 Å². The van der Waals surface area contributed by atoms with E-state index in [2.05, 4.69) is 0 Å². The van der Waals surface area contributed by atoms with Crippen LogP contribution in [0.15, 0.2) is 48.5 Å². The third-order valence-electron chi connectivity index (χ3n) is 3.43. The summed E-state index contributed by atoms with van der Waals surface area (Å²) in [5, 5.41) is 0. The molecule has 21 heavy (non-hydrogen) atoms. The van der Waals surface area contributed by atoms with E-state index in [1.807, 2.05) is 51.1 Å². The second-order valence-corrected chi connectivity index (χ2v) is 5.50. The number of rotatable bonds is 4. The van der Waals surface area contributed by atoms with E-state index in [1.165, 1.54) is 6.07 Å². The maximum absolute atomic E-state index is 14.0. The lowest BCUT2D eigenvalue weighted by Gasteiger charge is -2.27. The van der Waals surface area contributed by atoms with Crippen LogP contribution in [0.5, 0.6) is 0 Å². The fourth-order valence-corrected chi connectivity index (χ4v) is 2.22.